The van der Waals surface area contributed by atoms with Crippen LogP contribution in [-0.2, 0) is 17.8 Å². The van der Waals surface area contributed by atoms with Gasteiger partial charge in [-0.1, -0.05) is 44.0 Å². The first kappa shape index (κ1) is 15.0. The summed E-state index contributed by atoms with van der Waals surface area (Å²) in [5, 5.41) is 0. The SMILES string of the molecule is CC1CCCCC1N(C)C(=O)Cc1ccc(CN)cc1. The molecule has 1 aromatic carbocycles. The maximum atomic E-state index is 12.4. The normalized spacial score (nSPS) is 22.6. The summed E-state index contributed by atoms with van der Waals surface area (Å²) in [6.07, 6.45) is 5.44. The minimum absolute atomic E-state index is 0.226. The van der Waals surface area contributed by atoms with Gasteiger partial charge in [0.1, 0.15) is 0 Å². The van der Waals surface area contributed by atoms with Crippen molar-refractivity contribution in [2.24, 2.45) is 11.7 Å². The second-order valence-corrected chi connectivity index (χ2v) is 6.03. The molecule has 2 N–H and O–H groups in total. The molecule has 2 atom stereocenters. The van der Waals surface area contributed by atoms with Gasteiger partial charge in [0.2, 0.25) is 5.91 Å². The van der Waals surface area contributed by atoms with Gasteiger partial charge in [0.05, 0.1) is 6.42 Å². The Morgan fingerprint density at radius 2 is 1.80 bits per heavy atom. The highest BCUT2D eigenvalue weighted by Crippen LogP contribution is 2.27. The topological polar surface area (TPSA) is 46.3 Å². The molecule has 2 unspecified atom stereocenters. The van der Waals surface area contributed by atoms with E-state index in [-0.39, 0.29) is 5.91 Å². The number of nitrogens with zero attached hydrogens (tertiary/aromatic N) is 1. The van der Waals surface area contributed by atoms with Gasteiger partial charge in [0.15, 0.2) is 0 Å². The third kappa shape index (κ3) is 3.60. The highest BCUT2D eigenvalue weighted by molar-refractivity contribution is 5.78. The summed E-state index contributed by atoms with van der Waals surface area (Å²) in [7, 11) is 1.96. The molecule has 20 heavy (non-hydrogen) atoms. The summed E-state index contributed by atoms with van der Waals surface area (Å²) in [5.74, 6) is 0.849. The first-order chi connectivity index (χ1) is 9.61. The van der Waals surface area contributed by atoms with Gasteiger partial charge in [-0.2, -0.15) is 0 Å². The molecular formula is C17H26N2O. The van der Waals surface area contributed by atoms with Crippen molar-refractivity contribution < 1.29 is 4.79 Å². The summed E-state index contributed by atoms with van der Waals surface area (Å²) < 4.78 is 0. The number of carbonyl (C=O) groups excluding carboxylic acids is 1. The van der Waals surface area contributed by atoms with Gasteiger partial charge in [-0.25, -0.2) is 0 Å². The molecule has 1 amide bonds. The molecule has 1 aliphatic carbocycles. The van der Waals surface area contributed by atoms with E-state index in [1.165, 1.54) is 19.3 Å². The van der Waals surface area contributed by atoms with E-state index in [1.807, 2.05) is 36.2 Å². The number of carbonyl (C=O) groups is 1. The average molecular weight is 274 g/mol. The van der Waals surface area contributed by atoms with Crippen LogP contribution in [0.4, 0.5) is 0 Å². The Kier molecular flexibility index (Phi) is 5.18. The molecule has 1 aliphatic rings. The molecule has 0 radical (unpaired) electrons. The Bertz CT molecular complexity index is 441. The molecule has 0 aromatic heterocycles. The lowest BCUT2D eigenvalue weighted by atomic mass is 9.85. The monoisotopic (exact) mass is 274 g/mol. The van der Waals surface area contributed by atoms with Crippen LogP contribution in [0.25, 0.3) is 0 Å². The van der Waals surface area contributed by atoms with E-state index in [2.05, 4.69) is 6.92 Å². The van der Waals surface area contributed by atoms with Crippen LogP contribution in [0.2, 0.25) is 0 Å². The summed E-state index contributed by atoms with van der Waals surface area (Å²) in [5.41, 5.74) is 7.77. The first-order valence-corrected chi connectivity index (χ1v) is 7.65. The maximum absolute atomic E-state index is 12.4. The van der Waals surface area contributed by atoms with Crippen molar-refractivity contribution >= 4 is 5.91 Å². The van der Waals surface area contributed by atoms with E-state index in [4.69, 9.17) is 5.73 Å². The largest absolute Gasteiger partial charge is 0.342 e. The standard InChI is InChI=1S/C17H26N2O/c1-13-5-3-4-6-16(13)19(2)17(20)11-14-7-9-15(12-18)10-8-14/h7-10,13,16H,3-6,11-12,18H2,1-2H3. The lowest BCUT2D eigenvalue weighted by Gasteiger charge is -2.36. The van der Waals surface area contributed by atoms with E-state index < -0.39 is 0 Å². The second-order valence-electron chi connectivity index (χ2n) is 6.03. The van der Waals surface area contributed by atoms with E-state index in [0.717, 1.165) is 17.5 Å². The molecule has 3 heteroatoms. The Labute approximate surface area is 122 Å². The van der Waals surface area contributed by atoms with Gasteiger partial charge >= 0.3 is 0 Å². The van der Waals surface area contributed by atoms with Crippen LogP contribution in [0.5, 0.6) is 0 Å². The lowest BCUT2D eigenvalue weighted by Crippen LogP contribution is -2.43. The van der Waals surface area contributed by atoms with Gasteiger partial charge in [-0.15, -0.1) is 0 Å². The summed E-state index contributed by atoms with van der Waals surface area (Å²) in [6.45, 7) is 2.82. The molecule has 1 fully saturated rings. The third-order valence-corrected chi connectivity index (χ3v) is 4.57. The first-order valence-electron chi connectivity index (χ1n) is 7.65. The lowest BCUT2D eigenvalue weighted by molar-refractivity contribution is -0.132. The molecular weight excluding hydrogens is 248 g/mol. The van der Waals surface area contributed by atoms with E-state index in [1.54, 1.807) is 0 Å². The molecule has 1 saturated carbocycles. The van der Waals surface area contributed by atoms with E-state index >= 15 is 0 Å². The molecule has 3 nitrogen and oxygen atoms in total. The number of amides is 1. The number of hydrogen-bond donors (Lipinski definition) is 1. The van der Waals surface area contributed by atoms with Crippen molar-refractivity contribution in [3.63, 3.8) is 0 Å². The van der Waals surface area contributed by atoms with Crippen LogP contribution in [0.15, 0.2) is 24.3 Å². The Hall–Kier alpha value is -1.35. The summed E-state index contributed by atoms with van der Waals surface area (Å²) in [4.78, 5) is 14.4. The van der Waals surface area contributed by atoms with Crippen molar-refractivity contribution in [1.29, 1.82) is 0 Å². The molecule has 0 bridgehead atoms. The fourth-order valence-electron chi connectivity index (χ4n) is 3.15. The van der Waals surface area contributed by atoms with Gasteiger partial charge in [-0.3, -0.25) is 4.79 Å². The molecule has 0 heterocycles. The van der Waals surface area contributed by atoms with Crippen molar-refractivity contribution in [3.8, 4) is 0 Å². The highest BCUT2D eigenvalue weighted by atomic mass is 16.2. The quantitative estimate of drug-likeness (QED) is 0.917. The van der Waals surface area contributed by atoms with Gasteiger partial charge < -0.3 is 10.6 Å². The maximum Gasteiger partial charge on any atom is 0.226 e. The molecule has 0 saturated heterocycles. The predicted molar refractivity (Wildman–Crippen MR) is 82.2 cm³/mol. The number of rotatable bonds is 4. The Balaban J connectivity index is 1.95. The fraction of sp³-hybridized carbons (Fsp3) is 0.588. The minimum Gasteiger partial charge on any atom is -0.342 e. The van der Waals surface area contributed by atoms with Crippen LogP contribution in [0.1, 0.15) is 43.7 Å². The molecule has 1 aromatic rings. The molecule has 0 aliphatic heterocycles. The average Bonchev–Trinajstić information content (AvgIpc) is 2.48. The van der Waals surface area contributed by atoms with Gasteiger partial charge in [-0.05, 0) is 29.9 Å². The van der Waals surface area contributed by atoms with Gasteiger partial charge in [0.25, 0.3) is 0 Å². The van der Waals surface area contributed by atoms with Crippen LogP contribution >= 0.6 is 0 Å². The predicted octanol–water partition coefficient (Wildman–Crippen LogP) is 2.72. The molecule has 110 valence electrons. The second kappa shape index (κ2) is 6.89. The van der Waals surface area contributed by atoms with Crippen LogP contribution in [0.3, 0.4) is 0 Å². The van der Waals surface area contributed by atoms with Gasteiger partial charge in [0, 0.05) is 19.6 Å². The zero-order valence-electron chi connectivity index (χ0n) is 12.6. The van der Waals surface area contributed by atoms with Crippen molar-refractivity contribution in [1.82, 2.24) is 4.90 Å². The van der Waals surface area contributed by atoms with Crippen molar-refractivity contribution in [2.75, 3.05) is 7.05 Å². The third-order valence-electron chi connectivity index (χ3n) is 4.57. The number of nitrogens with two attached hydrogens (primary N) is 1. The zero-order chi connectivity index (χ0) is 14.5. The Morgan fingerprint density at radius 3 is 2.40 bits per heavy atom. The summed E-state index contributed by atoms with van der Waals surface area (Å²) in [6, 6.07) is 8.45. The fourth-order valence-corrected chi connectivity index (χ4v) is 3.15. The molecule has 2 rings (SSSR count). The summed E-state index contributed by atoms with van der Waals surface area (Å²) >= 11 is 0. The number of likely N-dealkylation sites (N-methyl/N-ethyl adjacent to an activating group) is 1. The van der Waals surface area contributed by atoms with E-state index in [9.17, 15) is 4.79 Å². The number of benzene rings is 1. The van der Waals surface area contributed by atoms with Crippen LogP contribution in [-0.4, -0.2) is 23.9 Å². The minimum atomic E-state index is 0.226. The number of hydrogen-bond acceptors (Lipinski definition) is 2. The highest BCUT2D eigenvalue weighted by Gasteiger charge is 2.27. The van der Waals surface area contributed by atoms with E-state index in [0.29, 0.717) is 24.9 Å². The smallest absolute Gasteiger partial charge is 0.226 e. The van der Waals surface area contributed by atoms with Crippen molar-refractivity contribution in [3.05, 3.63) is 35.4 Å². The van der Waals surface area contributed by atoms with Crippen LogP contribution < -0.4 is 5.73 Å². The van der Waals surface area contributed by atoms with Crippen LogP contribution in [0, 0.1) is 5.92 Å². The molecule has 0 spiro atoms. The Morgan fingerprint density at radius 1 is 1.20 bits per heavy atom. The zero-order valence-corrected chi connectivity index (χ0v) is 12.6. The van der Waals surface area contributed by atoms with Crippen molar-refractivity contribution in [2.45, 2.75) is 51.6 Å².